The lowest BCUT2D eigenvalue weighted by Crippen LogP contribution is -2.10. The van der Waals surface area contributed by atoms with Gasteiger partial charge in [0, 0.05) is 29.4 Å². The highest BCUT2D eigenvalue weighted by molar-refractivity contribution is 6.36. The number of halogens is 1. The summed E-state index contributed by atoms with van der Waals surface area (Å²) < 4.78 is 1.71. The molecule has 0 saturated heterocycles. The molecule has 0 aliphatic rings. The first-order valence-electron chi connectivity index (χ1n) is 6.83. The summed E-state index contributed by atoms with van der Waals surface area (Å²) in [6.07, 6.45) is 2.62. The Hall–Kier alpha value is -2.01. The molecule has 4 nitrogen and oxygen atoms in total. The van der Waals surface area contributed by atoms with Crippen molar-refractivity contribution in [3.8, 4) is 11.3 Å². The fourth-order valence-electron chi connectivity index (χ4n) is 2.17. The van der Waals surface area contributed by atoms with Crippen molar-refractivity contribution >= 4 is 36.4 Å². The second-order valence-corrected chi connectivity index (χ2v) is 5.18. The van der Waals surface area contributed by atoms with E-state index in [4.69, 9.17) is 19.4 Å². The molecule has 2 radical (unpaired) electrons. The topological polar surface area (TPSA) is 42.2 Å². The van der Waals surface area contributed by atoms with Gasteiger partial charge in [0.1, 0.15) is 13.7 Å². The van der Waals surface area contributed by atoms with Gasteiger partial charge < -0.3 is 5.32 Å². The van der Waals surface area contributed by atoms with Crippen LogP contribution in [0.3, 0.4) is 0 Å². The fraction of sp³-hybridized carbons (Fsp3) is 0.200. The third-order valence-corrected chi connectivity index (χ3v) is 3.53. The molecule has 0 spiro atoms. The molecule has 0 atom stereocenters. The lowest BCUT2D eigenvalue weighted by Gasteiger charge is -2.11. The van der Waals surface area contributed by atoms with E-state index in [0.717, 1.165) is 30.0 Å². The number of nitrogens with zero attached hydrogens (tertiary/aromatic N) is 3. The smallest absolute Gasteiger partial charge is 0.150 e. The highest BCUT2D eigenvalue weighted by Crippen LogP contribution is 2.28. The van der Waals surface area contributed by atoms with E-state index in [9.17, 15) is 0 Å². The second-order valence-electron chi connectivity index (χ2n) is 4.77. The molecule has 0 amide bonds. The van der Waals surface area contributed by atoms with Gasteiger partial charge in [0.2, 0.25) is 0 Å². The lowest BCUT2D eigenvalue weighted by molar-refractivity contribution is 0.904. The number of fused-ring (bicyclic) bond motifs is 1. The SMILES string of the molecule is [B]c1cnn2c(NCCC)cc(-c3ccccc3Cl)nc12. The first-order valence-corrected chi connectivity index (χ1v) is 7.21. The predicted molar refractivity (Wildman–Crippen MR) is 87.6 cm³/mol. The Morgan fingerprint density at radius 2 is 2.14 bits per heavy atom. The summed E-state index contributed by atoms with van der Waals surface area (Å²) >= 11 is 6.27. The molecular formula is C15H14BClN4. The normalized spacial score (nSPS) is 11.0. The summed E-state index contributed by atoms with van der Waals surface area (Å²) in [5, 5.41) is 8.27. The number of benzene rings is 1. The maximum Gasteiger partial charge on any atom is 0.150 e. The van der Waals surface area contributed by atoms with Crippen molar-refractivity contribution in [2.45, 2.75) is 13.3 Å². The van der Waals surface area contributed by atoms with E-state index in [-0.39, 0.29) is 0 Å². The van der Waals surface area contributed by atoms with Gasteiger partial charge in [-0.25, -0.2) is 4.98 Å². The molecule has 0 fully saturated rings. The first-order chi connectivity index (χ1) is 10.2. The number of hydrogen-bond donors (Lipinski definition) is 1. The predicted octanol–water partition coefficient (Wildman–Crippen LogP) is 2.67. The van der Waals surface area contributed by atoms with Crippen LogP contribution in [0.5, 0.6) is 0 Å². The second kappa shape index (κ2) is 5.78. The third-order valence-electron chi connectivity index (χ3n) is 3.21. The Kier molecular flexibility index (Phi) is 3.84. The molecule has 1 N–H and O–H groups in total. The quantitative estimate of drug-likeness (QED) is 0.753. The van der Waals surface area contributed by atoms with Crippen LogP contribution in [-0.2, 0) is 0 Å². The monoisotopic (exact) mass is 296 g/mol. The highest BCUT2D eigenvalue weighted by Gasteiger charge is 2.11. The summed E-state index contributed by atoms with van der Waals surface area (Å²) in [5.41, 5.74) is 2.83. The zero-order valence-electron chi connectivity index (χ0n) is 11.7. The molecule has 0 aliphatic heterocycles. The largest absolute Gasteiger partial charge is 0.370 e. The van der Waals surface area contributed by atoms with Gasteiger partial charge in [-0.15, -0.1) is 0 Å². The van der Waals surface area contributed by atoms with Crippen LogP contribution in [0.15, 0.2) is 36.5 Å². The summed E-state index contributed by atoms with van der Waals surface area (Å²) in [7, 11) is 5.95. The Labute approximate surface area is 129 Å². The van der Waals surface area contributed by atoms with Crippen LogP contribution in [0.4, 0.5) is 5.82 Å². The molecule has 2 aromatic heterocycles. The first kappa shape index (κ1) is 14.0. The number of nitrogens with one attached hydrogen (secondary N) is 1. The minimum absolute atomic E-state index is 0.545. The van der Waals surface area contributed by atoms with Gasteiger partial charge >= 0.3 is 0 Å². The average molecular weight is 297 g/mol. The Morgan fingerprint density at radius 1 is 1.33 bits per heavy atom. The molecule has 3 rings (SSSR count). The molecule has 104 valence electrons. The van der Waals surface area contributed by atoms with Gasteiger partial charge in [-0.2, -0.15) is 9.61 Å². The minimum Gasteiger partial charge on any atom is -0.370 e. The van der Waals surface area contributed by atoms with Crippen molar-refractivity contribution in [1.82, 2.24) is 14.6 Å². The van der Waals surface area contributed by atoms with Crippen LogP contribution in [0.25, 0.3) is 16.9 Å². The van der Waals surface area contributed by atoms with Crippen molar-refractivity contribution in [1.29, 1.82) is 0 Å². The molecular weight excluding hydrogens is 282 g/mol. The summed E-state index contributed by atoms with van der Waals surface area (Å²) in [4.78, 5) is 4.59. The van der Waals surface area contributed by atoms with Gasteiger partial charge in [-0.05, 0) is 17.9 Å². The molecule has 21 heavy (non-hydrogen) atoms. The zero-order chi connectivity index (χ0) is 14.8. The van der Waals surface area contributed by atoms with E-state index >= 15 is 0 Å². The van der Waals surface area contributed by atoms with Crippen molar-refractivity contribution in [2.24, 2.45) is 0 Å². The van der Waals surface area contributed by atoms with Crippen LogP contribution >= 0.6 is 11.6 Å². The summed E-state index contributed by atoms with van der Waals surface area (Å²) in [6.45, 7) is 2.96. The summed E-state index contributed by atoms with van der Waals surface area (Å²) in [6, 6.07) is 9.56. The molecule has 0 unspecified atom stereocenters. The zero-order valence-corrected chi connectivity index (χ0v) is 12.4. The standard InChI is InChI=1S/C15H14BClN4/c1-2-7-18-14-8-13(10-5-3-4-6-12(10)17)20-15-11(16)9-19-21(14)15/h3-6,8-9,18H,2,7H2,1H3. The van der Waals surface area contributed by atoms with E-state index in [1.165, 1.54) is 0 Å². The molecule has 1 aromatic carbocycles. The fourth-order valence-corrected chi connectivity index (χ4v) is 2.40. The van der Waals surface area contributed by atoms with E-state index in [0.29, 0.717) is 16.1 Å². The van der Waals surface area contributed by atoms with E-state index in [1.807, 2.05) is 30.3 Å². The van der Waals surface area contributed by atoms with Gasteiger partial charge in [0.15, 0.2) is 5.65 Å². The van der Waals surface area contributed by atoms with Crippen molar-refractivity contribution in [3.63, 3.8) is 0 Å². The van der Waals surface area contributed by atoms with E-state index < -0.39 is 0 Å². The molecule has 6 heteroatoms. The Morgan fingerprint density at radius 3 is 2.90 bits per heavy atom. The molecule has 3 aromatic rings. The van der Waals surface area contributed by atoms with Gasteiger partial charge in [-0.3, -0.25) is 0 Å². The van der Waals surface area contributed by atoms with Gasteiger partial charge in [0.25, 0.3) is 0 Å². The Balaban J connectivity index is 2.19. The van der Waals surface area contributed by atoms with Gasteiger partial charge in [-0.1, -0.05) is 36.7 Å². The van der Waals surface area contributed by atoms with Gasteiger partial charge in [0.05, 0.1) is 5.69 Å². The molecule has 2 heterocycles. The molecule has 0 aliphatic carbocycles. The van der Waals surface area contributed by atoms with Crippen molar-refractivity contribution in [2.75, 3.05) is 11.9 Å². The highest BCUT2D eigenvalue weighted by atomic mass is 35.5. The number of aromatic nitrogens is 3. The average Bonchev–Trinajstić information content (AvgIpc) is 2.87. The lowest BCUT2D eigenvalue weighted by atomic mass is 10.0. The van der Waals surface area contributed by atoms with Crippen LogP contribution in [0, 0.1) is 0 Å². The molecule has 0 bridgehead atoms. The van der Waals surface area contributed by atoms with Crippen LogP contribution in [0.1, 0.15) is 13.3 Å². The minimum atomic E-state index is 0.545. The maximum absolute atomic E-state index is 6.27. The van der Waals surface area contributed by atoms with Crippen molar-refractivity contribution in [3.05, 3.63) is 41.6 Å². The van der Waals surface area contributed by atoms with Crippen molar-refractivity contribution < 1.29 is 0 Å². The van der Waals surface area contributed by atoms with Crippen LogP contribution < -0.4 is 10.8 Å². The summed E-state index contributed by atoms with van der Waals surface area (Å²) in [5.74, 6) is 0.855. The number of hydrogen-bond acceptors (Lipinski definition) is 3. The third kappa shape index (κ3) is 2.61. The maximum atomic E-state index is 6.27. The van der Waals surface area contributed by atoms with E-state index in [1.54, 1.807) is 10.7 Å². The Bertz CT molecular complexity index is 784. The number of rotatable bonds is 4. The van der Waals surface area contributed by atoms with E-state index in [2.05, 4.69) is 22.3 Å². The van der Waals surface area contributed by atoms with Crippen LogP contribution in [0.2, 0.25) is 5.02 Å². The number of anilines is 1. The molecule has 0 saturated carbocycles. The van der Waals surface area contributed by atoms with Crippen LogP contribution in [-0.4, -0.2) is 29.0 Å².